The molecule has 0 unspecified atom stereocenters. The van der Waals surface area contributed by atoms with Gasteiger partial charge in [0.05, 0.1) is 23.5 Å². The van der Waals surface area contributed by atoms with E-state index < -0.39 is 0 Å². The van der Waals surface area contributed by atoms with E-state index in [1.165, 1.54) is 0 Å². The summed E-state index contributed by atoms with van der Waals surface area (Å²) >= 11 is 3.21. The van der Waals surface area contributed by atoms with Crippen molar-refractivity contribution in [2.24, 2.45) is 0 Å². The average molecular weight is 787 g/mol. The number of amides is 2. The lowest BCUT2D eigenvalue weighted by Gasteiger charge is -2.34. The number of piperidine rings is 2. The van der Waals surface area contributed by atoms with Crippen molar-refractivity contribution in [1.82, 2.24) is 29.7 Å². The Morgan fingerprint density at radius 2 is 1.04 bits per heavy atom. The van der Waals surface area contributed by atoms with Gasteiger partial charge in [0, 0.05) is 58.8 Å². The monoisotopic (exact) mass is 786 g/mol. The van der Waals surface area contributed by atoms with Crippen LogP contribution in [0.25, 0.3) is 21.1 Å². The number of carbonyl (C=O) groups is 2. The maximum Gasteiger partial charge on any atom is 0.261 e. The number of carbonyl (C=O) groups excluding carboxylic acids is 2. The summed E-state index contributed by atoms with van der Waals surface area (Å²) in [7, 11) is 0. The van der Waals surface area contributed by atoms with Crippen molar-refractivity contribution in [2.45, 2.75) is 64.5 Å². The SMILES string of the molecule is Cc1ccc(-c2nc([C@H]3CCCCN3C(=O)COc3ccccc3)cs2)cn1.Cc1ccc(-c2nc([C@H]3CCCCN3C(=O)COc3ccccc3)cs2)cn1. The number of hydrogen-bond acceptors (Lipinski definition) is 10. The summed E-state index contributed by atoms with van der Waals surface area (Å²) in [6.45, 7) is 5.56. The highest BCUT2D eigenvalue weighted by molar-refractivity contribution is 7.13. The first-order valence-corrected chi connectivity index (χ1v) is 20.9. The Morgan fingerprint density at radius 1 is 0.607 bits per heavy atom. The van der Waals surface area contributed by atoms with Crippen molar-refractivity contribution in [1.29, 1.82) is 0 Å². The number of ether oxygens (including phenoxy) is 2. The molecule has 2 aromatic carbocycles. The molecule has 2 fully saturated rings. The molecule has 12 heteroatoms. The summed E-state index contributed by atoms with van der Waals surface area (Å²) in [6.07, 6.45) is 9.84. The van der Waals surface area contributed by atoms with E-state index in [-0.39, 0.29) is 37.1 Å². The molecular weight excluding hydrogens is 741 g/mol. The molecule has 10 nitrogen and oxygen atoms in total. The molecule has 6 aromatic rings. The van der Waals surface area contributed by atoms with Crippen LogP contribution >= 0.6 is 22.7 Å². The summed E-state index contributed by atoms with van der Waals surface area (Å²) < 4.78 is 11.3. The quantitative estimate of drug-likeness (QED) is 0.135. The lowest BCUT2D eigenvalue weighted by atomic mass is 10.00. The first-order valence-electron chi connectivity index (χ1n) is 19.1. The van der Waals surface area contributed by atoms with Gasteiger partial charge in [-0.3, -0.25) is 19.6 Å². The van der Waals surface area contributed by atoms with Crippen LogP contribution in [0.5, 0.6) is 11.5 Å². The van der Waals surface area contributed by atoms with Crippen LogP contribution in [0.4, 0.5) is 0 Å². The maximum atomic E-state index is 12.8. The van der Waals surface area contributed by atoms with Crippen molar-refractivity contribution >= 4 is 34.5 Å². The van der Waals surface area contributed by atoms with Crippen molar-refractivity contribution in [3.8, 4) is 32.6 Å². The van der Waals surface area contributed by atoms with Gasteiger partial charge < -0.3 is 19.3 Å². The van der Waals surface area contributed by atoms with Gasteiger partial charge in [-0.05, 0) is 101 Å². The van der Waals surface area contributed by atoms with Crippen LogP contribution in [0.15, 0.2) is 108 Å². The third-order valence-electron chi connectivity index (χ3n) is 9.90. The predicted octanol–water partition coefficient (Wildman–Crippen LogP) is 9.29. The standard InChI is InChI=1S/2C22H23N3O2S/c2*1-16-10-11-17(13-23-16)22-24-19(15-28-22)20-9-5-6-12-25(20)21(26)14-27-18-7-3-2-4-8-18/h2*2-4,7-8,10-11,13,15,20H,5-6,9,12,14H2,1H3/t2*20-/m11/s1. The molecule has 0 bridgehead atoms. The van der Waals surface area contributed by atoms with Gasteiger partial charge in [-0.2, -0.15) is 0 Å². The molecule has 2 saturated heterocycles. The Balaban J connectivity index is 0.000000172. The molecule has 0 N–H and O–H groups in total. The fourth-order valence-electron chi connectivity index (χ4n) is 6.90. The lowest BCUT2D eigenvalue weighted by Crippen LogP contribution is -2.41. The zero-order chi connectivity index (χ0) is 38.7. The molecule has 2 aliphatic rings. The molecule has 0 aliphatic carbocycles. The highest BCUT2D eigenvalue weighted by Crippen LogP contribution is 2.36. The highest BCUT2D eigenvalue weighted by Gasteiger charge is 2.31. The number of hydrogen-bond donors (Lipinski definition) is 0. The number of benzene rings is 2. The Morgan fingerprint density at radius 3 is 1.43 bits per heavy atom. The summed E-state index contributed by atoms with van der Waals surface area (Å²) in [5.41, 5.74) is 5.94. The van der Waals surface area contributed by atoms with Crippen LogP contribution < -0.4 is 9.47 Å². The topological polar surface area (TPSA) is 111 Å². The number of likely N-dealkylation sites (tertiary alicyclic amines) is 2. The van der Waals surface area contributed by atoms with Crippen LogP contribution in [0.3, 0.4) is 0 Å². The Bertz CT molecular complexity index is 2000. The van der Waals surface area contributed by atoms with Crippen LogP contribution in [-0.2, 0) is 9.59 Å². The molecule has 56 heavy (non-hydrogen) atoms. The van der Waals surface area contributed by atoms with Gasteiger partial charge in [0.1, 0.15) is 21.5 Å². The van der Waals surface area contributed by atoms with E-state index in [1.807, 2.05) is 121 Å². The van der Waals surface area contributed by atoms with E-state index in [1.54, 1.807) is 22.7 Å². The second kappa shape index (κ2) is 18.9. The van der Waals surface area contributed by atoms with E-state index >= 15 is 0 Å². The van der Waals surface area contributed by atoms with E-state index in [0.717, 1.165) is 95.5 Å². The Hall–Kier alpha value is -5.46. The van der Waals surface area contributed by atoms with Crippen LogP contribution in [0.1, 0.15) is 73.4 Å². The minimum absolute atomic E-state index is 0.0140. The zero-order valence-electron chi connectivity index (χ0n) is 31.8. The molecule has 2 aliphatic heterocycles. The molecule has 4 aromatic heterocycles. The molecule has 2 atom stereocenters. The minimum Gasteiger partial charge on any atom is -0.484 e. The Labute approximate surface area is 336 Å². The van der Waals surface area contributed by atoms with Crippen LogP contribution in [0, 0.1) is 13.8 Å². The maximum absolute atomic E-state index is 12.8. The van der Waals surface area contributed by atoms with Crippen LogP contribution in [-0.4, -0.2) is 67.9 Å². The fourth-order valence-corrected chi connectivity index (χ4v) is 8.61. The fraction of sp³-hybridized carbons (Fsp3) is 0.318. The molecule has 6 heterocycles. The van der Waals surface area contributed by atoms with Gasteiger partial charge in [0.2, 0.25) is 0 Å². The minimum atomic E-state index is 0.0140. The van der Waals surface area contributed by atoms with E-state index in [9.17, 15) is 9.59 Å². The smallest absolute Gasteiger partial charge is 0.261 e. The van der Waals surface area contributed by atoms with Gasteiger partial charge >= 0.3 is 0 Å². The van der Waals surface area contributed by atoms with Crippen molar-refractivity contribution in [2.75, 3.05) is 26.3 Å². The van der Waals surface area contributed by atoms with Crippen molar-refractivity contribution in [3.63, 3.8) is 0 Å². The normalized spacial score (nSPS) is 16.8. The molecule has 288 valence electrons. The number of rotatable bonds is 10. The molecule has 0 saturated carbocycles. The van der Waals surface area contributed by atoms with E-state index in [2.05, 4.69) is 20.7 Å². The second-order valence-corrected chi connectivity index (χ2v) is 15.6. The van der Waals surface area contributed by atoms with Crippen LogP contribution in [0.2, 0.25) is 0 Å². The van der Waals surface area contributed by atoms with Gasteiger partial charge in [-0.1, -0.05) is 36.4 Å². The van der Waals surface area contributed by atoms with Gasteiger partial charge in [0.15, 0.2) is 13.2 Å². The van der Waals surface area contributed by atoms with Crippen molar-refractivity contribution in [3.05, 3.63) is 131 Å². The van der Waals surface area contributed by atoms with Gasteiger partial charge in [-0.25, -0.2) is 9.97 Å². The average Bonchev–Trinajstić information content (AvgIpc) is 3.95. The largest absolute Gasteiger partial charge is 0.484 e. The highest BCUT2D eigenvalue weighted by atomic mass is 32.1. The molecule has 8 rings (SSSR count). The molecule has 0 radical (unpaired) electrons. The molecular formula is C44H46N6O4S2. The number of pyridine rings is 2. The van der Waals surface area contributed by atoms with Crippen molar-refractivity contribution < 1.29 is 19.1 Å². The number of thiazole rings is 2. The first-order chi connectivity index (χ1) is 27.4. The first kappa shape index (κ1) is 38.8. The molecule has 2 amide bonds. The predicted molar refractivity (Wildman–Crippen MR) is 221 cm³/mol. The molecule has 0 spiro atoms. The number of aryl methyl sites for hydroxylation is 2. The number of para-hydroxylation sites is 2. The summed E-state index contributed by atoms with van der Waals surface area (Å²) in [5.74, 6) is 1.46. The Kier molecular flexibility index (Phi) is 13.1. The number of nitrogens with zero attached hydrogens (tertiary/aromatic N) is 6. The summed E-state index contributed by atoms with van der Waals surface area (Å²) in [5, 5.41) is 6.04. The number of aromatic nitrogens is 4. The third kappa shape index (κ3) is 10.0. The van der Waals surface area contributed by atoms with Gasteiger partial charge in [-0.15, -0.1) is 22.7 Å². The third-order valence-corrected chi connectivity index (χ3v) is 11.7. The van der Waals surface area contributed by atoms with Gasteiger partial charge in [0.25, 0.3) is 11.8 Å². The second-order valence-electron chi connectivity index (χ2n) is 13.9. The zero-order valence-corrected chi connectivity index (χ0v) is 33.4. The summed E-state index contributed by atoms with van der Waals surface area (Å²) in [4.78, 5) is 47.9. The van der Waals surface area contributed by atoms with E-state index in [4.69, 9.17) is 19.4 Å². The lowest BCUT2D eigenvalue weighted by molar-refractivity contribution is -0.138. The summed E-state index contributed by atoms with van der Waals surface area (Å²) in [6, 6.07) is 27.0. The van der Waals surface area contributed by atoms with E-state index in [0.29, 0.717) is 11.5 Å².